The van der Waals surface area contributed by atoms with Crippen molar-refractivity contribution >= 4 is 34.2 Å². The van der Waals surface area contributed by atoms with Crippen LogP contribution in [0.4, 0.5) is 4.39 Å². The van der Waals surface area contributed by atoms with E-state index in [4.69, 9.17) is 9.47 Å². The van der Waals surface area contributed by atoms with Crippen LogP contribution in [0.3, 0.4) is 0 Å². The lowest BCUT2D eigenvalue weighted by atomic mass is 9.89. The summed E-state index contributed by atoms with van der Waals surface area (Å²) >= 11 is 0. The van der Waals surface area contributed by atoms with Gasteiger partial charge in [-0.25, -0.2) is 14.2 Å². The Hall–Kier alpha value is -3.30. The van der Waals surface area contributed by atoms with Crippen molar-refractivity contribution in [1.82, 2.24) is 19.0 Å². The largest absolute Gasteiger partial charge is 0.478 e. The van der Waals surface area contributed by atoms with Crippen LogP contribution in [0, 0.1) is 5.82 Å². The summed E-state index contributed by atoms with van der Waals surface area (Å²) in [6.07, 6.45) is 7.64. The number of rotatable bonds is 10. The summed E-state index contributed by atoms with van der Waals surface area (Å²) < 4.78 is 29.7. The first-order valence-corrected chi connectivity index (χ1v) is 12.1. The topological polar surface area (TPSA) is 73.9 Å². The lowest BCUT2D eigenvalue weighted by molar-refractivity contribution is 0.00635. The van der Waals surface area contributed by atoms with Gasteiger partial charge < -0.3 is 14.4 Å². The lowest BCUT2D eigenvalue weighted by Gasteiger charge is -2.34. The molecule has 0 unspecified atom stereocenters. The average Bonchev–Trinajstić information content (AvgIpc) is 3.07. The Kier molecular flexibility index (Phi) is 7.70. The van der Waals surface area contributed by atoms with Crippen LogP contribution < -0.4 is 5.69 Å². The van der Waals surface area contributed by atoms with E-state index in [1.165, 1.54) is 6.07 Å². The van der Waals surface area contributed by atoms with Gasteiger partial charge in [0, 0.05) is 49.8 Å². The van der Waals surface area contributed by atoms with Crippen molar-refractivity contribution in [2.45, 2.75) is 38.3 Å². The zero-order valence-electron chi connectivity index (χ0n) is 21.6. The molecule has 0 atom stereocenters. The fourth-order valence-corrected chi connectivity index (χ4v) is 4.62. The molecule has 3 aromatic rings. The van der Waals surface area contributed by atoms with Gasteiger partial charge in [0.25, 0.3) is 0 Å². The minimum Gasteiger partial charge on any atom is -0.478 e. The summed E-state index contributed by atoms with van der Waals surface area (Å²) in [6, 6.07) is 3.24. The maximum absolute atomic E-state index is 15.2. The molecular formula is C27H34FN5O3. The van der Waals surface area contributed by atoms with E-state index in [-0.39, 0.29) is 23.7 Å². The smallest absolute Gasteiger partial charge is 0.329 e. The predicted octanol–water partition coefficient (Wildman–Crippen LogP) is 4.29. The van der Waals surface area contributed by atoms with Crippen LogP contribution in [0.2, 0.25) is 0 Å². The van der Waals surface area contributed by atoms with Gasteiger partial charge in [0.05, 0.1) is 35.5 Å². The summed E-state index contributed by atoms with van der Waals surface area (Å²) in [5.41, 5.74) is 3.01. The van der Waals surface area contributed by atoms with E-state index in [0.717, 1.165) is 42.2 Å². The molecule has 1 aromatic carbocycles. The predicted molar refractivity (Wildman–Crippen MR) is 142 cm³/mol. The number of aliphatic imine (C=N–C) groups is 1. The number of pyridine rings is 1. The van der Waals surface area contributed by atoms with E-state index >= 15 is 4.39 Å². The van der Waals surface area contributed by atoms with Gasteiger partial charge in [-0.15, -0.1) is 0 Å². The van der Waals surface area contributed by atoms with Gasteiger partial charge in [-0.05, 0) is 58.6 Å². The number of nitrogens with zero attached hydrogens (tertiary/aromatic N) is 5. The zero-order valence-corrected chi connectivity index (χ0v) is 21.6. The Labute approximate surface area is 210 Å². The molecule has 2 aromatic heterocycles. The van der Waals surface area contributed by atoms with Gasteiger partial charge in [0.2, 0.25) is 5.88 Å². The molecule has 2 heterocycles. The quantitative estimate of drug-likeness (QED) is 0.182. The average molecular weight is 496 g/mol. The first kappa shape index (κ1) is 25.8. The molecule has 0 aliphatic heterocycles. The van der Waals surface area contributed by atoms with Crippen LogP contribution in [0.5, 0.6) is 0 Å². The second kappa shape index (κ2) is 10.8. The molecule has 8 nitrogen and oxygen atoms in total. The SMILES string of the molecule is C=N/C(=C\C=C(/C)c1cc2c(cc1F)ncc1c2n(C2CC(OC)C2)c(=O)n1C)OCCCN(C)C. The number of hydrogen-bond acceptors (Lipinski definition) is 6. The molecule has 4 rings (SSSR count). The second-order valence-corrected chi connectivity index (χ2v) is 9.55. The molecule has 0 spiro atoms. The third-order valence-electron chi connectivity index (χ3n) is 6.83. The number of ether oxygens (including phenoxy) is 2. The van der Waals surface area contributed by atoms with Gasteiger partial charge in [-0.3, -0.25) is 14.1 Å². The molecule has 192 valence electrons. The highest BCUT2D eigenvalue weighted by atomic mass is 19.1. The van der Waals surface area contributed by atoms with E-state index in [2.05, 4.69) is 21.6 Å². The van der Waals surface area contributed by atoms with Crippen molar-refractivity contribution in [2.24, 2.45) is 12.0 Å². The molecule has 36 heavy (non-hydrogen) atoms. The molecule has 0 bridgehead atoms. The van der Waals surface area contributed by atoms with Gasteiger partial charge >= 0.3 is 5.69 Å². The van der Waals surface area contributed by atoms with Crippen molar-refractivity contribution in [1.29, 1.82) is 0 Å². The van der Waals surface area contributed by atoms with Crippen molar-refractivity contribution in [3.05, 3.63) is 58.2 Å². The van der Waals surface area contributed by atoms with E-state index < -0.39 is 0 Å². The highest BCUT2D eigenvalue weighted by Gasteiger charge is 2.33. The van der Waals surface area contributed by atoms with Crippen LogP contribution >= 0.6 is 0 Å². The van der Waals surface area contributed by atoms with Crippen LogP contribution in [-0.2, 0) is 16.5 Å². The van der Waals surface area contributed by atoms with Crippen LogP contribution in [-0.4, -0.2) is 66.2 Å². The van der Waals surface area contributed by atoms with Crippen molar-refractivity contribution in [3.63, 3.8) is 0 Å². The number of methoxy groups -OCH3 is 1. The normalized spacial score (nSPS) is 18.8. The van der Waals surface area contributed by atoms with Crippen LogP contribution in [0.15, 0.2) is 46.2 Å². The van der Waals surface area contributed by atoms with Crippen molar-refractivity contribution in [3.8, 4) is 0 Å². The first-order chi connectivity index (χ1) is 17.2. The molecule has 1 saturated carbocycles. The monoisotopic (exact) mass is 495 g/mol. The molecule has 0 amide bonds. The van der Waals surface area contributed by atoms with E-state index in [9.17, 15) is 4.79 Å². The number of hydrogen-bond donors (Lipinski definition) is 0. The van der Waals surface area contributed by atoms with Crippen LogP contribution in [0.25, 0.3) is 27.5 Å². The number of halogens is 1. The van der Waals surface area contributed by atoms with E-state index in [1.54, 1.807) is 43.1 Å². The standard InChI is InChI=1S/C27H34FN5O3/c1-17(8-9-25(29-2)36-11-7-10-31(3)4)20-14-21-23(15-22(20)28)30-16-24-26(21)33(27(34)32(24)5)18-12-19(13-18)35-6/h8-9,14-16,18-19H,2,7,10-13H2,1,3-6H3/b17-8+,25-9+. The molecule has 1 fully saturated rings. The fraction of sp³-hybridized carbons (Fsp3) is 0.444. The molecule has 1 aliphatic rings. The highest BCUT2D eigenvalue weighted by Crippen LogP contribution is 2.37. The van der Waals surface area contributed by atoms with Crippen LogP contribution in [0.1, 0.15) is 37.8 Å². The Morgan fingerprint density at radius 1 is 1.33 bits per heavy atom. The summed E-state index contributed by atoms with van der Waals surface area (Å²) in [6.45, 7) is 6.82. The third-order valence-corrected chi connectivity index (χ3v) is 6.83. The van der Waals surface area contributed by atoms with Gasteiger partial charge in [0.15, 0.2) is 0 Å². The second-order valence-electron chi connectivity index (χ2n) is 9.55. The maximum atomic E-state index is 15.2. The number of aromatic nitrogens is 3. The Balaban J connectivity index is 1.72. The number of aryl methyl sites for hydroxylation is 1. The molecule has 0 N–H and O–H groups in total. The van der Waals surface area contributed by atoms with Gasteiger partial charge in [-0.2, -0.15) is 0 Å². The van der Waals surface area contributed by atoms with Gasteiger partial charge in [0.1, 0.15) is 5.82 Å². The summed E-state index contributed by atoms with van der Waals surface area (Å²) in [7, 11) is 7.44. The summed E-state index contributed by atoms with van der Waals surface area (Å²) in [5, 5.41) is 0.737. The molecule has 1 aliphatic carbocycles. The number of fused-ring (bicyclic) bond motifs is 3. The summed E-state index contributed by atoms with van der Waals surface area (Å²) in [4.78, 5) is 23.6. The molecular weight excluding hydrogens is 461 g/mol. The van der Waals surface area contributed by atoms with Crippen molar-refractivity contribution in [2.75, 3.05) is 34.4 Å². The number of allylic oxidation sites excluding steroid dienone is 3. The van der Waals surface area contributed by atoms with Gasteiger partial charge in [-0.1, -0.05) is 6.08 Å². The first-order valence-electron chi connectivity index (χ1n) is 12.1. The zero-order chi connectivity index (χ0) is 26.0. The minimum atomic E-state index is -0.385. The Bertz CT molecular complexity index is 1400. The highest BCUT2D eigenvalue weighted by molar-refractivity contribution is 6.03. The van der Waals surface area contributed by atoms with E-state index in [0.29, 0.717) is 29.1 Å². The number of benzene rings is 1. The third kappa shape index (κ3) is 4.99. The minimum absolute atomic E-state index is 0.0377. The maximum Gasteiger partial charge on any atom is 0.329 e. The lowest BCUT2D eigenvalue weighted by Crippen LogP contribution is -2.37. The van der Waals surface area contributed by atoms with E-state index in [1.807, 2.05) is 25.6 Å². The Morgan fingerprint density at radius 3 is 2.75 bits per heavy atom. The van der Waals surface area contributed by atoms with Crippen molar-refractivity contribution < 1.29 is 13.9 Å². The molecule has 0 radical (unpaired) electrons. The molecule has 0 saturated heterocycles. The fourth-order valence-electron chi connectivity index (χ4n) is 4.62. The number of imidazole rings is 1. The Morgan fingerprint density at radius 2 is 2.08 bits per heavy atom. The summed E-state index contributed by atoms with van der Waals surface area (Å²) in [5.74, 6) is -0.00243. The molecule has 9 heteroatoms.